The molecule has 1 aliphatic carbocycles. The van der Waals surface area contributed by atoms with Crippen molar-refractivity contribution < 1.29 is 4.79 Å². The predicted octanol–water partition coefficient (Wildman–Crippen LogP) is 1.14. The van der Waals surface area contributed by atoms with Gasteiger partial charge in [-0.25, -0.2) is 0 Å². The van der Waals surface area contributed by atoms with E-state index < -0.39 is 0 Å². The molecule has 1 heterocycles. The minimum Gasteiger partial charge on any atom is -0.352 e. The van der Waals surface area contributed by atoms with Crippen LogP contribution in [0.3, 0.4) is 0 Å². The third-order valence-corrected chi connectivity index (χ3v) is 4.55. The van der Waals surface area contributed by atoms with Crippen LogP contribution >= 0.6 is 11.8 Å². The van der Waals surface area contributed by atoms with Gasteiger partial charge in [0.25, 0.3) is 0 Å². The van der Waals surface area contributed by atoms with E-state index in [1.165, 1.54) is 19.3 Å². The maximum absolute atomic E-state index is 11.0. The van der Waals surface area contributed by atoms with E-state index in [1.54, 1.807) is 0 Å². The molecule has 2 fully saturated rings. The summed E-state index contributed by atoms with van der Waals surface area (Å²) in [4.78, 5) is 11.0. The van der Waals surface area contributed by atoms with E-state index in [2.05, 4.69) is 16.9 Å². The van der Waals surface area contributed by atoms with Gasteiger partial charge >= 0.3 is 0 Å². The van der Waals surface area contributed by atoms with Crippen LogP contribution in [0.2, 0.25) is 0 Å². The minimum absolute atomic E-state index is 0.218. The van der Waals surface area contributed by atoms with Crippen molar-refractivity contribution in [2.24, 2.45) is 0 Å². The van der Waals surface area contributed by atoms with Crippen LogP contribution < -0.4 is 10.6 Å². The number of hydrogen-bond donors (Lipinski definition) is 2. The minimum atomic E-state index is 0.218. The first kappa shape index (κ1) is 11.3. The second-order valence-corrected chi connectivity index (χ2v) is 5.72. The maximum Gasteiger partial charge on any atom is 0.220 e. The maximum atomic E-state index is 11.0. The van der Waals surface area contributed by atoms with Gasteiger partial charge in [0, 0.05) is 30.3 Å². The molecule has 0 aromatic carbocycles. The third-order valence-electron chi connectivity index (χ3n) is 3.46. The summed E-state index contributed by atoms with van der Waals surface area (Å²) in [6.45, 7) is 0.956. The van der Waals surface area contributed by atoms with Crippen LogP contribution in [-0.4, -0.2) is 36.0 Å². The van der Waals surface area contributed by atoms with Gasteiger partial charge in [-0.15, -0.1) is 0 Å². The molecule has 2 N–H and O–H groups in total. The van der Waals surface area contributed by atoms with Crippen molar-refractivity contribution in [3.05, 3.63) is 0 Å². The summed E-state index contributed by atoms with van der Waals surface area (Å²) in [5.74, 6) is 0.218. The monoisotopic (exact) mass is 228 g/mol. The van der Waals surface area contributed by atoms with E-state index >= 15 is 0 Å². The van der Waals surface area contributed by atoms with E-state index in [0.29, 0.717) is 18.5 Å². The van der Waals surface area contributed by atoms with Crippen molar-refractivity contribution >= 4 is 17.7 Å². The Labute approximate surface area is 95.8 Å². The van der Waals surface area contributed by atoms with Gasteiger partial charge < -0.3 is 10.6 Å². The quantitative estimate of drug-likeness (QED) is 0.758. The molecule has 1 saturated heterocycles. The summed E-state index contributed by atoms with van der Waals surface area (Å²) in [5, 5.41) is 7.42. The number of amides is 1. The van der Waals surface area contributed by atoms with Gasteiger partial charge in [-0.2, -0.15) is 11.8 Å². The molecule has 1 saturated carbocycles. The van der Waals surface area contributed by atoms with Crippen LogP contribution in [0.5, 0.6) is 0 Å². The Morgan fingerprint density at radius 1 is 1.47 bits per heavy atom. The zero-order valence-corrected chi connectivity index (χ0v) is 10.1. The Bertz CT molecular complexity index is 235. The lowest BCUT2D eigenvalue weighted by Crippen LogP contribution is -2.39. The first-order valence-corrected chi connectivity index (χ1v) is 7.12. The Hall–Kier alpha value is -0.220. The Kier molecular flexibility index (Phi) is 3.92. The number of carbonyl (C=O) groups excluding carboxylic acids is 1. The van der Waals surface area contributed by atoms with Gasteiger partial charge in [0.2, 0.25) is 5.91 Å². The SMILES string of the molecule is CSC1CCC(NCC2CCC(=O)N2)C1. The second kappa shape index (κ2) is 5.21. The number of nitrogens with one attached hydrogen (secondary N) is 2. The van der Waals surface area contributed by atoms with Gasteiger partial charge in [-0.1, -0.05) is 0 Å². The van der Waals surface area contributed by atoms with Crippen LogP contribution in [-0.2, 0) is 4.79 Å². The molecule has 0 aromatic rings. The van der Waals surface area contributed by atoms with Crippen molar-refractivity contribution in [3.8, 4) is 0 Å². The van der Waals surface area contributed by atoms with Crippen LogP contribution in [0.25, 0.3) is 0 Å². The molecule has 86 valence electrons. The Morgan fingerprint density at radius 2 is 2.33 bits per heavy atom. The van der Waals surface area contributed by atoms with Crippen LogP contribution in [0.15, 0.2) is 0 Å². The smallest absolute Gasteiger partial charge is 0.220 e. The standard InChI is InChI=1S/C11H20N2OS/c1-15-10-4-2-8(6-10)12-7-9-3-5-11(14)13-9/h8-10,12H,2-7H2,1H3,(H,13,14). The summed E-state index contributed by atoms with van der Waals surface area (Å²) < 4.78 is 0. The van der Waals surface area contributed by atoms with Crippen molar-refractivity contribution in [2.75, 3.05) is 12.8 Å². The first-order valence-electron chi connectivity index (χ1n) is 5.83. The topological polar surface area (TPSA) is 41.1 Å². The summed E-state index contributed by atoms with van der Waals surface area (Å²) in [6, 6.07) is 1.06. The average molecular weight is 228 g/mol. The molecule has 2 aliphatic rings. The molecule has 3 unspecified atom stereocenters. The van der Waals surface area contributed by atoms with E-state index in [9.17, 15) is 4.79 Å². The molecule has 0 radical (unpaired) electrons. The third kappa shape index (κ3) is 3.11. The van der Waals surface area contributed by atoms with Crippen molar-refractivity contribution in [1.29, 1.82) is 0 Å². The number of hydrogen-bond acceptors (Lipinski definition) is 3. The number of thioether (sulfide) groups is 1. The van der Waals surface area contributed by atoms with Crippen molar-refractivity contribution in [3.63, 3.8) is 0 Å². The van der Waals surface area contributed by atoms with Crippen LogP contribution in [0.1, 0.15) is 32.1 Å². The summed E-state index contributed by atoms with van der Waals surface area (Å²) >= 11 is 1.98. The van der Waals surface area contributed by atoms with Crippen LogP contribution in [0.4, 0.5) is 0 Å². The second-order valence-electron chi connectivity index (χ2n) is 4.58. The molecule has 0 aromatic heterocycles. The highest BCUT2D eigenvalue weighted by atomic mass is 32.2. The summed E-state index contributed by atoms with van der Waals surface area (Å²) in [6.07, 6.45) is 7.85. The van der Waals surface area contributed by atoms with Gasteiger partial charge in [0.05, 0.1) is 0 Å². The summed E-state index contributed by atoms with van der Waals surface area (Å²) in [7, 11) is 0. The molecule has 0 bridgehead atoms. The van der Waals surface area contributed by atoms with Gasteiger partial charge in [-0.3, -0.25) is 4.79 Å². The van der Waals surface area contributed by atoms with E-state index in [1.807, 2.05) is 11.8 Å². The molecule has 15 heavy (non-hydrogen) atoms. The Balaban J connectivity index is 1.64. The van der Waals surface area contributed by atoms with Crippen molar-refractivity contribution in [1.82, 2.24) is 10.6 Å². The highest BCUT2D eigenvalue weighted by Gasteiger charge is 2.26. The van der Waals surface area contributed by atoms with E-state index in [0.717, 1.165) is 18.2 Å². The van der Waals surface area contributed by atoms with Crippen LogP contribution in [0, 0.1) is 0 Å². The molecule has 2 rings (SSSR count). The highest BCUT2D eigenvalue weighted by Crippen LogP contribution is 2.28. The molecule has 1 aliphatic heterocycles. The Morgan fingerprint density at radius 3 is 2.93 bits per heavy atom. The fourth-order valence-electron chi connectivity index (χ4n) is 2.48. The van der Waals surface area contributed by atoms with E-state index in [-0.39, 0.29) is 5.91 Å². The average Bonchev–Trinajstić information content (AvgIpc) is 2.83. The van der Waals surface area contributed by atoms with Gasteiger partial charge in [0.15, 0.2) is 0 Å². The zero-order valence-electron chi connectivity index (χ0n) is 9.29. The molecular formula is C11H20N2OS. The molecule has 3 nitrogen and oxygen atoms in total. The first-order chi connectivity index (χ1) is 7.28. The highest BCUT2D eigenvalue weighted by molar-refractivity contribution is 7.99. The molecular weight excluding hydrogens is 208 g/mol. The molecule has 4 heteroatoms. The normalized spacial score (nSPS) is 35.8. The molecule has 1 amide bonds. The fraction of sp³-hybridized carbons (Fsp3) is 0.909. The van der Waals surface area contributed by atoms with Gasteiger partial charge in [0.1, 0.15) is 0 Å². The van der Waals surface area contributed by atoms with E-state index in [4.69, 9.17) is 0 Å². The largest absolute Gasteiger partial charge is 0.352 e. The zero-order chi connectivity index (χ0) is 10.7. The number of carbonyl (C=O) groups is 1. The summed E-state index contributed by atoms with van der Waals surface area (Å²) in [5.41, 5.74) is 0. The lowest BCUT2D eigenvalue weighted by molar-refractivity contribution is -0.119. The molecule has 3 atom stereocenters. The van der Waals surface area contributed by atoms with Gasteiger partial charge in [-0.05, 0) is 31.9 Å². The number of rotatable bonds is 4. The lowest BCUT2D eigenvalue weighted by Gasteiger charge is -2.16. The predicted molar refractivity (Wildman–Crippen MR) is 64.1 cm³/mol. The van der Waals surface area contributed by atoms with Crippen molar-refractivity contribution in [2.45, 2.75) is 49.4 Å². The lowest BCUT2D eigenvalue weighted by atomic mass is 10.2. The molecule has 0 spiro atoms. The fourth-order valence-corrected chi connectivity index (χ4v) is 3.28.